The summed E-state index contributed by atoms with van der Waals surface area (Å²) in [5, 5.41) is 2.96. The second-order valence-electron chi connectivity index (χ2n) is 5.79. The molecule has 0 aromatic heterocycles. The van der Waals surface area contributed by atoms with Crippen LogP contribution in [-0.4, -0.2) is 42.5 Å². The number of hydrogen-bond donors (Lipinski definition) is 2. The molecule has 0 aliphatic heterocycles. The summed E-state index contributed by atoms with van der Waals surface area (Å²) in [6.07, 6.45) is 3.14. The number of hydrogen-bond acceptors (Lipinski definition) is 3. The lowest BCUT2D eigenvalue weighted by molar-refractivity contribution is -0.122. The van der Waals surface area contributed by atoms with Gasteiger partial charge in [0.15, 0.2) is 0 Å². The van der Waals surface area contributed by atoms with Gasteiger partial charge in [0.05, 0.1) is 6.04 Å². The Hall–Kier alpha value is -1.39. The van der Waals surface area contributed by atoms with Crippen molar-refractivity contribution in [1.82, 2.24) is 10.2 Å². The number of nitrogens with one attached hydrogen (secondary N) is 1. The minimum absolute atomic E-state index is 0.0649. The first-order valence-corrected chi connectivity index (χ1v) is 7.37. The zero-order chi connectivity index (χ0) is 14.5. The molecule has 1 unspecified atom stereocenters. The third kappa shape index (κ3) is 4.32. The van der Waals surface area contributed by atoms with Crippen molar-refractivity contribution in [3.63, 3.8) is 0 Å². The Kier molecular flexibility index (Phi) is 5.15. The molecule has 4 heteroatoms. The summed E-state index contributed by atoms with van der Waals surface area (Å²) in [6, 6.07) is 10.5. The Morgan fingerprint density at radius 3 is 2.65 bits per heavy atom. The minimum atomic E-state index is -0.476. The number of carbonyl (C=O) groups excluding carboxylic acids is 1. The smallest absolute Gasteiger partial charge is 0.237 e. The van der Waals surface area contributed by atoms with Crippen LogP contribution in [0.4, 0.5) is 0 Å². The van der Waals surface area contributed by atoms with E-state index in [2.05, 4.69) is 24.2 Å². The third-order valence-corrected chi connectivity index (χ3v) is 4.03. The fourth-order valence-electron chi connectivity index (χ4n) is 2.33. The largest absolute Gasteiger partial charge is 0.353 e. The molecule has 1 fully saturated rings. The lowest BCUT2D eigenvalue weighted by Crippen LogP contribution is -2.47. The van der Waals surface area contributed by atoms with Gasteiger partial charge in [-0.25, -0.2) is 0 Å². The highest BCUT2D eigenvalue weighted by molar-refractivity contribution is 5.81. The van der Waals surface area contributed by atoms with E-state index in [1.165, 1.54) is 12.8 Å². The predicted octanol–water partition coefficient (Wildman–Crippen LogP) is 1.16. The van der Waals surface area contributed by atoms with Gasteiger partial charge in [-0.05, 0) is 38.8 Å². The molecule has 4 nitrogen and oxygen atoms in total. The summed E-state index contributed by atoms with van der Waals surface area (Å²) in [5.74, 6) is -0.0649. The number of nitrogens with zero attached hydrogens (tertiary/aromatic N) is 1. The van der Waals surface area contributed by atoms with Gasteiger partial charge in [0.25, 0.3) is 0 Å². The standard InChI is InChI=1S/C16H25N3O/c1-12(19(2)14-8-9-14)11-18-16(20)15(17)10-13-6-4-3-5-7-13/h3-7,12,14-15H,8-11,17H2,1-2H3,(H,18,20)/t12?,15-/m0/s1. The molecule has 1 aromatic rings. The van der Waals surface area contributed by atoms with Crippen molar-refractivity contribution in [3.05, 3.63) is 35.9 Å². The average Bonchev–Trinajstić information content (AvgIpc) is 3.29. The quantitative estimate of drug-likeness (QED) is 0.785. The number of benzene rings is 1. The van der Waals surface area contributed by atoms with Gasteiger partial charge in [-0.15, -0.1) is 0 Å². The fourth-order valence-corrected chi connectivity index (χ4v) is 2.33. The fraction of sp³-hybridized carbons (Fsp3) is 0.562. The summed E-state index contributed by atoms with van der Waals surface area (Å²) in [7, 11) is 2.12. The molecule has 1 amide bonds. The Bertz CT molecular complexity index is 431. The first kappa shape index (κ1) is 15.0. The zero-order valence-electron chi connectivity index (χ0n) is 12.4. The van der Waals surface area contributed by atoms with Gasteiger partial charge in [0.2, 0.25) is 5.91 Å². The normalized spacial score (nSPS) is 17.8. The monoisotopic (exact) mass is 275 g/mol. The number of rotatable bonds is 7. The van der Waals surface area contributed by atoms with E-state index >= 15 is 0 Å². The minimum Gasteiger partial charge on any atom is -0.353 e. The Morgan fingerprint density at radius 2 is 2.05 bits per heavy atom. The second-order valence-corrected chi connectivity index (χ2v) is 5.79. The molecule has 1 aliphatic carbocycles. The maximum absolute atomic E-state index is 12.0. The highest BCUT2D eigenvalue weighted by atomic mass is 16.2. The van der Waals surface area contributed by atoms with Gasteiger partial charge in [-0.3, -0.25) is 9.69 Å². The molecule has 1 aliphatic rings. The molecule has 20 heavy (non-hydrogen) atoms. The summed E-state index contributed by atoms with van der Waals surface area (Å²) >= 11 is 0. The topological polar surface area (TPSA) is 58.4 Å². The molecule has 2 rings (SSSR count). The van der Waals surface area contributed by atoms with Crippen LogP contribution in [-0.2, 0) is 11.2 Å². The molecule has 3 N–H and O–H groups in total. The Morgan fingerprint density at radius 1 is 1.40 bits per heavy atom. The molecular weight excluding hydrogens is 250 g/mol. The molecule has 0 bridgehead atoms. The van der Waals surface area contributed by atoms with Crippen LogP contribution in [0.5, 0.6) is 0 Å². The van der Waals surface area contributed by atoms with Crippen molar-refractivity contribution >= 4 is 5.91 Å². The Balaban J connectivity index is 1.73. The van der Waals surface area contributed by atoms with Crippen molar-refractivity contribution in [1.29, 1.82) is 0 Å². The van der Waals surface area contributed by atoms with Crippen molar-refractivity contribution in [2.75, 3.05) is 13.6 Å². The van der Waals surface area contributed by atoms with Crippen molar-refractivity contribution < 1.29 is 4.79 Å². The first-order valence-electron chi connectivity index (χ1n) is 7.37. The van der Waals surface area contributed by atoms with E-state index in [0.717, 1.165) is 5.56 Å². The summed E-state index contributed by atoms with van der Waals surface area (Å²) in [5.41, 5.74) is 7.05. The number of amides is 1. The van der Waals surface area contributed by atoms with E-state index in [0.29, 0.717) is 25.0 Å². The van der Waals surface area contributed by atoms with E-state index in [4.69, 9.17) is 5.73 Å². The average molecular weight is 275 g/mol. The van der Waals surface area contributed by atoms with Crippen molar-refractivity contribution in [2.24, 2.45) is 5.73 Å². The lowest BCUT2D eigenvalue weighted by atomic mass is 10.1. The molecule has 0 spiro atoms. The molecule has 1 aromatic carbocycles. The van der Waals surface area contributed by atoms with Crippen LogP contribution in [0.3, 0.4) is 0 Å². The van der Waals surface area contributed by atoms with E-state index in [1.54, 1.807) is 0 Å². The van der Waals surface area contributed by atoms with Gasteiger partial charge >= 0.3 is 0 Å². The SMILES string of the molecule is CC(CNC(=O)[C@@H](N)Cc1ccccc1)N(C)C1CC1. The van der Waals surface area contributed by atoms with Crippen molar-refractivity contribution in [3.8, 4) is 0 Å². The van der Waals surface area contributed by atoms with Crippen LogP contribution in [0.25, 0.3) is 0 Å². The summed E-state index contributed by atoms with van der Waals surface area (Å²) < 4.78 is 0. The second kappa shape index (κ2) is 6.86. The maximum atomic E-state index is 12.0. The van der Waals surface area contributed by atoms with Gasteiger partial charge in [-0.1, -0.05) is 30.3 Å². The van der Waals surface area contributed by atoms with Crippen LogP contribution in [0, 0.1) is 0 Å². The molecule has 1 saturated carbocycles. The Labute approximate surface area is 121 Å². The van der Waals surface area contributed by atoms with E-state index in [9.17, 15) is 4.79 Å². The number of nitrogens with two attached hydrogens (primary N) is 1. The predicted molar refractivity (Wildman–Crippen MR) is 81.4 cm³/mol. The number of carbonyl (C=O) groups is 1. The van der Waals surface area contributed by atoms with Gasteiger partial charge in [0.1, 0.15) is 0 Å². The van der Waals surface area contributed by atoms with Gasteiger partial charge in [-0.2, -0.15) is 0 Å². The van der Waals surface area contributed by atoms with E-state index in [1.807, 2.05) is 30.3 Å². The molecule has 0 radical (unpaired) electrons. The van der Waals surface area contributed by atoms with Crippen LogP contribution in [0.1, 0.15) is 25.3 Å². The lowest BCUT2D eigenvalue weighted by Gasteiger charge is -2.25. The van der Waals surface area contributed by atoms with E-state index < -0.39 is 6.04 Å². The highest BCUT2D eigenvalue weighted by Gasteiger charge is 2.29. The van der Waals surface area contributed by atoms with Crippen LogP contribution in [0.15, 0.2) is 30.3 Å². The van der Waals surface area contributed by atoms with Crippen LogP contribution < -0.4 is 11.1 Å². The molecular formula is C16H25N3O. The highest BCUT2D eigenvalue weighted by Crippen LogP contribution is 2.26. The summed E-state index contributed by atoms with van der Waals surface area (Å²) in [6.45, 7) is 2.80. The molecule has 0 heterocycles. The first-order chi connectivity index (χ1) is 9.58. The van der Waals surface area contributed by atoms with Gasteiger partial charge in [0, 0.05) is 18.6 Å². The molecule has 2 atom stereocenters. The van der Waals surface area contributed by atoms with Gasteiger partial charge < -0.3 is 11.1 Å². The van der Waals surface area contributed by atoms with Crippen LogP contribution in [0.2, 0.25) is 0 Å². The zero-order valence-corrected chi connectivity index (χ0v) is 12.4. The van der Waals surface area contributed by atoms with E-state index in [-0.39, 0.29) is 5.91 Å². The maximum Gasteiger partial charge on any atom is 0.237 e. The summed E-state index contributed by atoms with van der Waals surface area (Å²) in [4.78, 5) is 14.3. The molecule has 0 saturated heterocycles. The third-order valence-electron chi connectivity index (χ3n) is 4.03. The number of likely N-dealkylation sites (N-methyl/N-ethyl adjacent to an activating group) is 1. The van der Waals surface area contributed by atoms with Crippen molar-refractivity contribution in [2.45, 2.75) is 44.3 Å². The molecule has 110 valence electrons. The van der Waals surface area contributed by atoms with Crippen LogP contribution >= 0.6 is 0 Å².